The zero-order chi connectivity index (χ0) is 32.3. The lowest BCUT2D eigenvalue weighted by Gasteiger charge is -2.21. The van der Waals surface area contributed by atoms with Gasteiger partial charge in [-0.25, -0.2) is 18.5 Å². The van der Waals surface area contributed by atoms with Crippen molar-refractivity contribution < 1.29 is 65.7 Å². The molecule has 21 heteroatoms. The molecule has 1 aliphatic rings. The number of para-hydroxylation sites is 1. The number of rotatable bonds is 13. The zero-order valence-electron chi connectivity index (χ0n) is 22.5. The molecule has 1 fully saturated rings. The Kier molecular flexibility index (Phi) is 10.9. The molecule has 0 spiro atoms. The van der Waals surface area contributed by atoms with Gasteiger partial charge in [-0.15, -0.1) is 0 Å². The lowest BCUT2D eigenvalue weighted by atomic mass is 10.1. The summed E-state index contributed by atoms with van der Waals surface area (Å²) in [5, 5.41) is 21.2. The van der Waals surface area contributed by atoms with Crippen LogP contribution in [0.25, 0.3) is 0 Å². The lowest BCUT2D eigenvalue weighted by molar-refractivity contribution is -0.0547. The average Bonchev–Trinajstić information content (AvgIpc) is 3.22. The molecule has 1 aliphatic heterocycles. The third-order valence-corrected chi connectivity index (χ3v) is 10.6. The summed E-state index contributed by atoms with van der Waals surface area (Å²) in [7, 11) is -15.5. The first-order valence-corrected chi connectivity index (χ1v) is 17.3. The first kappa shape index (κ1) is 34.5. The first-order valence-electron chi connectivity index (χ1n) is 12.4. The number of hydrogen-bond donors (Lipinski definition) is 6. The molecule has 2 aromatic carbocycles. The summed E-state index contributed by atoms with van der Waals surface area (Å²) in [5.74, 6) is 1.26. The van der Waals surface area contributed by atoms with E-state index in [-0.39, 0.29) is 11.1 Å². The molecule has 1 saturated heterocycles. The highest BCUT2D eigenvalue weighted by Crippen LogP contribution is 2.68. The van der Waals surface area contributed by atoms with Gasteiger partial charge in [-0.3, -0.25) is 18.6 Å². The van der Waals surface area contributed by atoms with Crippen molar-refractivity contribution in [3.63, 3.8) is 0 Å². The van der Waals surface area contributed by atoms with Gasteiger partial charge in [0.05, 0.1) is 6.61 Å². The van der Waals surface area contributed by atoms with Crippen LogP contribution in [0.4, 0.5) is 0 Å². The van der Waals surface area contributed by atoms with Crippen LogP contribution < -0.4 is 10.4 Å². The summed E-state index contributed by atoms with van der Waals surface area (Å²) in [5.41, 5.74) is 0.473. The highest BCUT2D eigenvalue weighted by molar-refractivity contribution is 7.71. The molecule has 17 nitrogen and oxygen atoms in total. The van der Waals surface area contributed by atoms with Gasteiger partial charge in [0.2, 0.25) is 0 Å². The van der Waals surface area contributed by atoms with Gasteiger partial charge >= 0.3 is 29.2 Å². The number of benzene rings is 2. The number of hydrogen-bond acceptors (Lipinski definition) is 13. The minimum atomic E-state index is -5.66. The number of phosphoric acid groups is 3. The van der Waals surface area contributed by atoms with Gasteiger partial charge in [0.15, 0.2) is 6.23 Å². The van der Waals surface area contributed by atoms with Gasteiger partial charge in [0.1, 0.15) is 34.5 Å². The fourth-order valence-corrected chi connectivity index (χ4v) is 7.58. The second-order valence-corrected chi connectivity index (χ2v) is 14.3. The molecule has 0 bridgehead atoms. The zero-order valence-corrected chi connectivity index (χ0v) is 26.0. The van der Waals surface area contributed by atoms with Crippen LogP contribution in [0.15, 0.2) is 65.6 Å². The molecule has 6 atom stereocenters. The van der Waals surface area contributed by atoms with Crippen LogP contribution in [-0.2, 0) is 42.5 Å². The summed E-state index contributed by atoms with van der Waals surface area (Å²) in [6.07, 6.45) is -4.87. The van der Waals surface area contributed by atoms with Crippen molar-refractivity contribution in [2.45, 2.75) is 31.0 Å². The predicted molar refractivity (Wildman–Crippen MR) is 152 cm³/mol. The van der Waals surface area contributed by atoms with E-state index in [0.29, 0.717) is 17.1 Å². The van der Waals surface area contributed by atoms with E-state index >= 15 is 0 Å². The highest BCUT2D eigenvalue weighted by atomic mass is 32.1. The number of ether oxygens (including phenoxy) is 2. The van der Waals surface area contributed by atoms with E-state index in [1.165, 1.54) is 6.20 Å². The number of nitrogens with one attached hydrogen (secondary N) is 1. The quantitative estimate of drug-likeness (QED) is 0.111. The van der Waals surface area contributed by atoms with E-state index in [2.05, 4.69) is 18.1 Å². The molecule has 0 saturated carbocycles. The number of H-pyrrole nitrogens is 1. The summed E-state index contributed by atoms with van der Waals surface area (Å²) >= 11 is 5.31. The van der Waals surface area contributed by atoms with Crippen molar-refractivity contribution in [1.29, 1.82) is 0 Å². The normalized spacial score (nSPS) is 23.1. The Morgan fingerprint density at radius 3 is 2.20 bits per heavy atom. The van der Waals surface area contributed by atoms with Gasteiger partial charge in [0, 0.05) is 25.3 Å². The van der Waals surface area contributed by atoms with Crippen LogP contribution in [0.3, 0.4) is 0 Å². The van der Waals surface area contributed by atoms with E-state index in [0.717, 1.165) is 17.2 Å². The van der Waals surface area contributed by atoms with Crippen molar-refractivity contribution in [3.05, 3.63) is 87.0 Å². The van der Waals surface area contributed by atoms with Crippen LogP contribution in [0, 0.1) is 4.64 Å². The van der Waals surface area contributed by atoms with Gasteiger partial charge in [-0.2, -0.15) is 8.62 Å². The summed E-state index contributed by atoms with van der Waals surface area (Å²) in [6, 6.07) is 16.3. The third-order valence-electron chi connectivity index (χ3n) is 5.98. The van der Waals surface area contributed by atoms with Crippen LogP contribution in [0.2, 0.25) is 0 Å². The largest absolute Gasteiger partial charge is 0.490 e. The second kappa shape index (κ2) is 14.0. The SMILES string of the molecule is COP(=O)(OC[C@H]1O[C@@H](n2cc(Cc3ccc(Oc4ccccc4)cc3)c(=S)[nH]c2=O)[C@H](O)[C@@H]1O)OP(=O)(O)OP(=O)(O)O. The summed E-state index contributed by atoms with van der Waals surface area (Å²) in [4.78, 5) is 42.1. The van der Waals surface area contributed by atoms with Gasteiger partial charge in [-0.1, -0.05) is 42.5 Å². The minimum absolute atomic E-state index is 0.118. The smallest absolute Gasteiger partial charge is 0.457 e. The molecule has 0 amide bonds. The van der Waals surface area contributed by atoms with Gasteiger partial charge in [0.25, 0.3) is 0 Å². The predicted octanol–water partition coefficient (Wildman–Crippen LogP) is 2.91. The van der Waals surface area contributed by atoms with Crippen molar-refractivity contribution in [2.75, 3.05) is 13.7 Å². The maximum absolute atomic E-state index is 12.7. The fraction of sp³-hybridized carbons (Fsp3) is 0.304. The Morgan fingerprint density at radius 2 is 1.59 bits per heavy atom. The number of aromatic nitrogens is 2. The van der Waals surface area contributed by atoms with Crippen molar-refractivity contribution >= 4 is 35.7 Å². The Morgan fingerprint density at radius 1 is 0.955 bits per heavy atom. The molecule has 2 unspecified atom stereocenters. The molecule has 0 aliphatic carbocycles. The number of phosphoric ester groups is 1. The Hall–Kier alpha value is -2.37. The number of aromatic amines is 1. The first-order chi connectivity index (χ1) is 20.6. The number of aliphatic hydroxyl groups excluding tert-OH is 2. The Balaban J connectivity index is 1.46. The van der Waals surface area contributed by atoms with E-state index < -0.39 is 60.3 Å². The number of aliphatic hydroxyl groups is 2. The Labute approximate surface area is 254 Å². The van der Waals surface area contributed by atoms with Crippen LogP contribution in [-0.4, -0.2) is 66.5 Å². The van der Waals surface area contributed by atoms with Crippen LogP contribution >= 0.6 is 35.7 Å². The van der Waals surface area contributed by atoms with Crippen molar-refractivity contribution in [2.24, 2.45) is 0 Å². The molecular formula is C23H27N2O15P3S. The molecule has 1 aromatic heterocycles. The molecule has 4 rings (SSSR count). The topological polar surface area (TPSA) is 246 Å². The van der Waals surface area contributed by atoms with Crippen LogP contribution in [0.1, 0.15) is 17.4 Å². The molecule has 6 N–H and O–H groups in total. The summed E-state index contributed by atoms with van der Waals surface area (Å²) < 4.78 is 64.6. The lowest BCUT2D eigenvalue weighted by Crippen LogP contribution is -2.36. The molecule has 2 heterocycles. The van der Waals surface area contributed by atoms with E-state index in [4.69, 9.17) is 36.0 Å². The monoisotopic (exact) mass is 696 g/mol. The standard InChI is InChI=1S/C23H27N2O15P3S/c1-35-43(34,40-42(32,33)39-41(29,30)31)36-13-18-19(26)20(27)22(38-18)25-12-15(21(44)24-23(25)28)11-14-7-9-17(10-8-14)37-16-5-3-2-4-6-16/h2-10,12,18-20,22,26-27H,11,13H2,1H3,(H,32,33)(H,24,28,44)(H2,29,30,31)/t18-,19-,20-,22-,43?/m1/s1. The average molecular weight is 696 g/mol. The molecule has 0 radical (unpaired) electrons. The highest BCUT2D eigenvalue weighted by Gasteiger charge is 2.47. The minimum Gasteiger partial charge on any atom is -0.457 e. The van der Waals surface area contributed by atoms with Crippen LogP contribution in [0.5, 0.6) is 11.5 Å². The number of nitrogens with zero attached hydrogens (tertiary/aromatic N) is 1. The van der Waals surface area contributed by atoms with Crippen molar-refractivity contribution in [3.8, 4) is 11.5 Å². The van der Waals surface area contributed by atoms with Gasteiger partial charge in [-0.05, 0) is 29.8 Å². The maximum Gasteiger partial charge on any atom is 0.490 e. The van der Waals surface area contributed by atoms with E-state index in [1.54, 1.807) is 24.3 Å². The molecule has 44 heavy (non-hydrogen) atoms. The van der Waals surface area contributed by atoms with E-state index in [1.807, 2.05) is 30.3 Å². The van der Waals surface area contributed by atoms with Gasteiger partial charge < -0.3 is 34.4 Å². The Bertz CT molecular complexity index is 1710. The fourth-order valence-electron chi connectivity index (χ4n) is 4.01. The maximum atomic E-state index is 12.7. The molecule has 240 valence electrons. The third kappa shape index (κ3) is 9.10. The second-order valence-electron chi connectivity index (χ2n) is 9.15. The van der Waals surface area contributed by atoms with Crippen molar-refractivity contribution in [1.82, 2.24) is 9.55 Å². The summed E-state index contributed by atoms with van der Waals surface area (Å²) in [6.45, 7) is -0.905. The van der Waals surface area contributed by atoms with E-state index in [9.17, 15) is 33.6 Å². The molecule has 3 aromatic rings. The molecular weight excluding hydrogens is 669 g/mol.